The van der Waals surface area contributed by atoms with E-state index in [1.807, 2.05) is 24.3 Å². The summed E-state index contributed by atoms with van der Waals surface area (Å²) in [5, 5.41) is 10.9. The van der Waals surface area contributed by atoms with Crippen LogP contribution in [0.15, 0.2) is 34.9 Å². The highest BCUT2D eigenvalue weighted by molar-refractivity contribution is 5.93. The summed E-state index contributed by atoms with van der Waals surface area (Å²) in [7, 11) is 0. The Morgan fingerprint density at radius 1 is 1.29 bits per heavy atom. The molecule has 2 aromatic rings. The second kappa shape index (κ2) is 4.00. The summed E-state index contributed by atoms with van der Waals surface area (Å²) >= 11 is 0. The van der Waals surface area contributed by atoms with Crippen LogP contribution in [0, 0.1) is 5.41 Å². The van der Waals surface area contributed by atoms with Gasteiger partial charge in [-0.1, -0.05) is 39.0 Å². The van der Waals surface area contributed by atoms with Crippen molar-refractivity contribution >= 4 is 16.8 Å². The third-order valence-corrected chi connectivity index (χ3v) is 2.79. The van der Waals surface area contributed by atoms with Gasteiger partial charge in [-0.25, -0.2) is 0 Å². The summed E-state index contributed by atoms with van der Waals surface area (Å²) in [6, 6.07) is 7.36. The maximum Gasteiger partial charge on any atom is 0.171 e. The van der Waals surface area contributed by atoms with Gasteiger partial charge in [0.2, 0.25) is 0 Å². The number of fused-ring (bicyclic) bond motifs is 1. The average molecular weight is 232 g/mol. The second-order valence-corrected chi connectivity index (χ2v) is 5.20. The zero-order valence-electron chi connectivity index (χ0n) is 10.2. The molecule has 0 spiro atoms. The van der Waals surface area contributed by atoms with Crippen molar-refractivity contribution in [2.45, 2.75) is 26.9 Å². The number of benzene rings is 1. The summed E-state index contributed by atoms with van der Waals surface area (Å²) in [5.41, 5.74) is 0.654. The molecule has 0 bridgehead atoms. The average Bonchev–Trinajstić information content (AvgIpc) is 2.69. The maximum atomic E-state index is 12.0. The molecule has 1 atom stereocenters. The Kier molecular flexibility index (Phi) is 2.79. The molecular weight excluding hydrogens is 216 g/mol. The second-order valence-electron chi connectivity index (χ2n) is 5.20. The van der Waals surface area contributed by atoms with Gasteiger partial charge in [-0.2, -0.15) is 0 Å². The molecule has 0 radical (unpaired) electrons. The van der Waals surface area contributed by atoms with Crippen molar-refractivity contribution in [3.05, 3.63) is 36.1 Å². The number of ketones is 1. The van der Waals surface area contributed by atoms with E-state index in [2.05, 4.69) is 0 Å². The van der Waals surface area contributed by atoms with Gasteiger partial charge >= 0.3 is 0 Å². The smallest absolute Gasteiger partial charge is 0.171 e. The third-order valence-electron chi connectivity index (χ3n) is 2.79. The lowest BCUT2D eigenvalue weighted by molar-refractivity contribution is -0.135. The van der Waals surface area contributed by atoms with Crippen LogP contribution in [0.5, 0.6) is 0 Å². The van der Waals surface area contributed by atoms with E-state index in [9.17, 15) is 9.90 Å². The van der Waals surface area contributed by atoms with Crippen LogP contribution in [-0.4, -0.2) is 10.9 Å². The number of hydrogen-bond donors (Lipinski definition) is 1. The Hall–Kier alpha value is -1.61. The normalized spacial score (nSPS) is 13.9. The Balaban J connectivity index is 2.44. The van der Waals surface area contributed by atoms with E-state index in [1.54, 1.807) is 20.8 Å². The molecule has 90 valence electrons. The summed E-state index contributed by atoms with van der Waals surface area (Å²) < 4.78 is 5.32. The Morgan fingerprint density at radius 3 is 2.59 bits per heavy atom. The first-order chi connectivity index (χ1) is 7.91. The molecule has 1 heterocycles. The minimum absolute atomic E-state index is 0.205. The highest BCUT2D eigenvalue weighted by atomic mass is 16.3. The van der Waals surface area contributed by atoms with E-state index < -0.39 is 11.5 Å². The molecule has 0 aliphatic rings. The number of Topliss-reactive ketones (excluding diaryl/α,β-unsaturated/α-hetero) is 1. The molecule has 0 aliphatic carbocycles. The molecule has 3 heteroatoms. The monoisotopic (exact) mass is 232 g/mol. The van der Waals surface area contributed by atoms with Gasteiger partial charge in [0.05, 0.1) is 6.26 Å². The molecular formula is C14H16O3. The van der Waals surface area contributed by atoms with Crippen LogP contribution in [-0.2, 0) is 4.79 Å². The molecule has 3 nitrogen and oxygen atoms in total. The van der Waals surface area contributed by atoms with Crippen molar-refractivity contribution in [1.82, 2.24) is 0 Å². The van der Waals surface area contributed by atoms with E-state index >= 15 is 0 Å². The van der Waals surface area contributed by atoms with E-state index in [1.165, 1.54) is 6.26 Å². The largest absolute Gasteiger partial charge is 0.464 e. The van der Waals surface area contributed by atoms with Gasteiger partial charge in [0.25, 0.3) is 0 Å². The third kappa shape index (κ3) is 2.11. The molecule has 0 saturated heterocycles. The fourth-order valence-corrected chi connectivity index (χ4v) is 1.76. The zero-order valence-corrected chi connectivity index (χ0v) is 10.2. The maximum absolute atomic E-state index is 12.0. The van der Waals surface area contributed by atoms with Gasteiger partial charge < -0.3 is 9.52 Å². The van der Waals surface area contributed by atoms with Gasteiger partial charge in [0.1, 0.15) is 11.7 Å². The van der Waals surface area contributed by atoms with Gasteiger partial charge in [-0.05, 0) is 6.07 Å². The number of aliphatic hydroxyl groups excluding tert-OH is 1. The highest BCUT2D eigenvalue weighted by Crippen LogP contribution is 2.31. The van der Waals surface area contributed by atoms with Gasteiger partial charge in [0.15, 0.2) is 5.78 Å². The van der Waals surface area contributed by atoms with Gasteiger partial charge in [-0.15, -0.1) is 0 Å². The molecule has 0 saturated carbocycles. The number of para-hydroxylation sites is 1. The van der Waals surface area contributed by atoms with Crippen LogP contribution in [0.25, 0.3) is 11.0 Å². The van der Waals surface area contributed by atoms with Crippen molar-refractivity contribution in [2.24, 2.45) is 5.41 Å². The lowest BCUT2D eigenvalue weighted by Crippen LogP contribution is -2.26. The van der Waals surface area contributed by atoms with Crippen molar-refractivity contribution in [2.75, 3.05) is 0 Å². The first-order valence-corrected chi connectivity index (χ1v) is 5.60. The predicted octanol–water partition coefficient (Wildman–Crippen LogP) is 3.08. The molecule has 0 amide bonds. The van der Waals surface area contributed by atoms with Crippen LogP contribution in [0.1, 0.15) is 32.4 Å². The van der Waals surface area contributed by atoms with E-state index in [-0.39, 0.29) is 5.78 Å². The van der Waals surface area contributed by atoms with E-state index in [0.717, 1.165) is 5.39 Å². The molecule has 0 fully saturated rings. The molecule has 1 aromatic carbocycles. The van der Waals surface area contributed by atoms with E-state index in [0.29, 0.717) is 11.1 Å². The number of carbonyl (C=O) groups excluding carboxylic acids is 1. The van der Waals surface area contributed by atoms with Crippen LogP contribution in [0.2, 0.25) is 0 Å². The van der Waals surface area contributed by atoms with Crippen molar-refractivity contribution in [1.29, 1.82) is 0 Å². The molecule has 1 N–H and O–H groups in total. The Labute approximate surface area is 100 Å². The topological polar surface area (TPSA) is 50.4 Å². The lowest BCUT2D eigenvalue weighted by Gasteiger charge is -2.20. The summed E-state index contributed by atoms with van der Waals surface area (Å²) in [4.78, 5) is 12.0. The number of rotatable bonds is 2. The number of aliphatic hydroxyl groups is 1. The van der Waals surface area contributed by atoms with Crippen LogP contribution in [0.3, 0.4) is 0 Å². The molecule has 0 aliphatic heterocycles. The molecule has 1 aromatic heterocycles. The van der Waals surface area contributed by atoms with Gasteiger partial charge in [0, 0.05) is 16.4 Å². The summed E-state index contributed by atoms with van der Waals surface area (Å²) in [5.74, 6) is -0.205. The number of furan rings is 1. The first kappa shape index (κ1) is 11.9. The zero-order chi connectivity index (χ0) is 12.6. The molecule has 1 unspecified atom stereocenters. The summed E-state index contributed by atoms with van der Waals surface area (Å²) in [6.45, 7) is 5.38. The van der Waals surface area contributed by atoms with Crippen LogP contribution >= 0.6 is 0 Å². The molecule has 2 rings (SSSR count). The number of carbonyl (C=O) groups is 1. The van der Waals surface area contributed by atoms with Crippen molar-refractivity contribution in [3.63, 3.8) is 0 Å². The minimum atomic E-state index is -1.13. The lowest BCUT2D eigenvalue weighted by atomic mass is 9.85. The number of hydrogen-bond acceptors (Lipinski definition) is 3. The highest BCUT2D eigenvalue weighted by Gasteiger charge is 2.31. The molecule has 17 heavy (non-hydrogen) atoms. The fraction of sp³-hybridized carbons (Fsp3) is 0.357. The van der Waals surface area contributed by atoms with Crippen molar-refractivity contribution in [3.8, 4) is 0 Å². The first-order valence-electron chi connectivity index (χ1n) is 5.60. The van der Waals surface area contributed by atoms with Crippen LogP contribution < -0.4 is 0 Å². The van der Waals surface area contributed by atoms with Crippen molar-refractivity contribution < 1.29 is 14.3 Å². The fourth-order valence-electron chi connectivity index (χ4n) is 1.76. The van der Waals surface area contributed by atoms with Gasteiger partial charge in [-0.3, -0.25) is 4.79 Å². The standard InChI is InChI=1S/C14H16O3/c1-14(2,3)13(16)12(15)10-8-17-11-7-5-4-6-9(10)11/h4-8,12,15H,1-3H3. The SMILES string of the molecule is CC(C)(C)C(=O)C(O)c1coc2ccccc12. The Bertz CT molecular complexity index is 546. The predicted molar refractivity (Wildman–Crippen MR) is 65.6 cm³/mol. The summed E-state index contributed by atoms with van der Waals surface area (Å²) in [6.07, 6.45) is 0.331. The minimum Gasteiger partial charge on any atom is -0.464 e. The van der Waals surface area contributed by atoms with E-state index in [4.69, 9.17) is 4.42 Å². The quantitative estimate of drug-likeness (QED) is 0.865. The van der Waals surface area contributed by atoms with Crippen LogP contribution in [0.4, 0.5) is 0 Å². The Morgan fingerprint density at radius 2 is 1.94 bits per heavy atom.